The van der Waals surface area contributed by atoms with Crippen LogP contribution in [-0.2, 0) is 0 Å². The summed E-state index contributed by atoms with van der Waals surface area (Å²) >= 11 is 0. The molecule has 4 rings (SSSR count). The Kier molecular flexibility index (Phi) is 2.88. The van der Waals surface area contributed by atoms with Gasteiger partial charge < -0.3 is 15.3 Å². The molecule has 0 amide bonds. The van der Waals surface area contributed by atoms with Gasteiger partial charge in [0.2, 0.25) is 0 Å². The molecule has 0 spiro atoms. The SMILES string of the molecule is C[C@]12C=CC(O)=CC1C[C@H](O)[C@@H]1[C@@H]2CC[C@]2(C)C(O)=CC[C@@H]12. The number of allylic oxidation sites excluding steroid dienone is 5. The second kappa shape index (κ2) is 4.41. The zero-order valence-electron chi connectivity index (χ0n) is 13.4. The van der Waals surface area contributed by atoms with Crippen molar-refractivity contribution in [3.05, 3.63) is 35.8 Å². The Balaban J connectivity index is 1.73. The second-order valence-corrected chi connectivity index (χ2v) is 8.27. The van der Waals surface area contributed by atoms with Gasteiger partial charge in [0, 0.05) is 5.41 Å². The fourth-order valence-corrected chi connectivity index (χ4v) is 5.98. The standard InChI is InChI=1S/C19H26O3/c1-18-7-5-12(20)9-11(18)10-15(21)17-13-3-4-16(22)19(13,2)8-6-14(17)18/h4-5,7,9,11,13-15,17,20-22H,3,6,8,10H2,1-2H3/t11?,13-,14-,15-,17-,18-,19-/m0/s1. The van der Waals surface area contributed by atoms with Gasteiger partial charge >= 0.3 is 0 Å². The highest BCUT2D eigenvalue weighted by Crippen LogP contribution is 2.64. The van der Waals surface area contributed by atoms with E-state index in [1.165, 1.54) is 0 Å². The summed E-state index contributed by atoms with van der Waals surface area (Å²) in [5.74, 6) is 2.06. The quantitative estimate of drug-likeness (QED) is 0.636. The molecule has 7 atom stereocenters. The highest BCUT2D eigenvalue weighted by Gasteiger charge is 2.60. The molecule has 0 bridgehead atoms. The number of aliphatic hydroxyl groups is 3. The molecule has 0 aliphatic heterocycles. The van der Waals surface area contributed by atoms with Crippen LogP contribution < -0.4 is 0 Å². The van der Waals surface area contributed by atoms with Gasteiger partial charge in [-0.1, -0.05) is 19.9 Å². The molecule has 3 nitrogen and oxygen atoms in total. The van der Waals surface area contributed by atoms with Crippen molar-refractivity contribution in [2.45, 2.75) is 45.6 Å². The molecule has 22 heavy (non-hydrogen) atoms. The first-order chi connectivity index (χ1) is 10.4. The molecule has 3 heteroatoms. The van der Waals surface area contributed by atoms with Gasteiger partial charge in [-0.05, 0) is 73.0 Å². The Labute approximate surface area is 132 Å². The Morgan fingerprint density at radius 3 is 2.73 bits per heavy atom. The van der Waals surface area contributed by atoms with Crippen molar-refractivity contribution < 1.29 is 15.3 Å². The zero-order valence-corrected chi connectivity index (χ0v) is 13.4. The minimum Gasteiger partial charge on any atom is -0.512 e. The summed E-state index contributed by atoms with van der Waals surface area (Å²) < 4.78 is 0. The molecule has 0 saturated heterocycles. The van der Waals surface area contributed by atoms with Crippen molar-refractivity contribution in [2.24, 2.45) is 34.5 Å². The summed E-state index contributed by atoms with van der Waals surface area (Å²) in [4.78, 5) is 0. The topological polar surface area (TPSA) is 60.7 Å². The van der Waals surface area contributed by atoms with E-state index in [9.17, 15) is 15.3 Å². The molecule has 0 aromatic rings. The second-order valence-electron chi connectivity index (χ2n) is 8.27. The number of hydrogen-bond acceptors (Lipinski definition) is 3. The molecule has 0 radical (unpaired) electrons. The first-order valence-electron chi connectivity index (χ1n) is 8.54. The van der Waals surface area contributed by atoms with Gasteiger partial charge in [0.05, 0.1) is 11.9 Å². The minimum absolute atomic E-state index is 0.00959. The van der Waals surface area contributed by atoms with Crippen LogP contribution in [0.1, 0.15) is 39.5 Å². The maximum absolute atomic E-state index is 10.9. The van der Waals surface area contributed by atoms with Crippen LogP contribution in [0.5, 0.6) is 0 Å². The molecule has 120 valence electrons. The van der Waals surface area contributed by atoms with Crippen molar-refractivity contribution in [2.75, 3.05) is 0 Å². The fourth-order valence-electron chi connectivity index (χ4n) is 5.98. The average molecular weight is 302 g/mol. The molecular formula is C19H26O3. The van der Waals surface area contributed by atoms with Gasteiger partial charge in [0.25, 0.3) is 0 Å². The van der Waals surface area contributed by atoms with Crippen molar-refractivity contribution >= 4 is 0 Å². The third kappa shape index (κ3) is 1.66. The number of hydrogen-bond donors (Lipinski definition) is 3. The Hall–Kier alpha value is -1.22. The van der Waals surface area contributed by atoms with Crippen LogP contribution in [0.4, 0.5) is 0 Å². The molecule has 4 aliphatic rings. The van der Waals surface area contributed by atoms with Crippen molar-refractivity contribution in [1.82, 2.24) is 0 Å². The van der Waals surface area contributed by atoms with Gasteiger partial charge in [-0.15, -0.1) is 0 Å². The van der Waals surface area contributed by atoms with Crippen molar-refractivity contribution in [3.8, 4) is 0 Å². The van der Waals surface area contributed by atoms with E-state index in [1.54, 1.807) is 0 Å². The van der Waals surface area contributed by atoms with Crippen LogP contribution in [0, 0.1) is 34.5 Å². The van der Waals surface area contributed by atoms with Gasteiger partial charge in [-0.2, -0.15) is 0 Å². The molecule has 2 fully saturated rings. The summed E-state index contributed by atoms with van der Waals surface area (Å²) in [6, 6.07) is 0. The maximum atomic E-state index is 10.9. The van der Waals surface area contributed by atoms with Crippen LogP contribution in [0.15, 0.2) is 35.8 Å². The molecule has 0 heterocycles. The van der Waals surface area contributed by atoms with Crippen LogP contribution in [0.25, 0.3) is 0 Å². The Morgan fingerprint density at radius 2 is 1.95 bits per heavy atom. The maximum Gasteiger partial charge on any atom is 0.111 e. The van der Waals surface area contributed by atoms with Gasteiger partial charge in [0.15, 0.2) is 0 Å². The Bertz CT molecular complexity index is 589. The van der Waals surface area contributed by atoms with E-state index in [1.807, 2.05) is 18.2 Å². The zero-order chi connectivity index (χ0) is 15.7. The van der Waals surface area contributed by atoms with E-state index in [0.29, 0.717) is 29.8 Å². The first-order valence-corrected chi connectivity index (χ1v) is 8.54. The first kappa shape index (κ1) is 14.4. The van der Waals surface area contributed by atoms with E-state index in [2.05, 4.69) is 19.9 Å². The van der Waals surface area contributed by atoms with Crippen molar-refractivity contribution in [3.63, 3.8) is 0 Å². The molecule has 0 aromatic heterocycles. The largest absolute Gasteiger partial charge is 0.512 e. The molecule has 1 unspecified atom stereocenters. The van der Waals surface area contributed by atoms with E-state index < -0.39 is 0 Å². The van der Waals surface area contributed by atoms with E-state index in [0.717, 1.165) is 19.3 Å². The van der Waals surface area contributed by atoms with Gasteiger partial charge in [-0.25, -0.2) is 0 Å². The number of rotatable bonds is 0. The highest BCUT2D eigenvalue weighted by atomic mass is 16.3. The highest BCUT2D eigenvalue weighted by molar-refractivity contribution is 5.29. The fraction of sp³-hybridized carbons (Fsp3) is 0.684. The predicted molar refractivity (Wildman–Crippen MR) is 85.2 cm³/mol. The number of fused-ring (bicyclic) bond motifs is 5. The lowest BCUT2D eigenvalue weighted by molar-refractivity contribution is -0.123. The lowest BCUT2D eigenvalue weighted by Gasteiger charge is -2.59. The van der Waals surface area contributed by atoms with Crippen LogP contribution >= 0.6 is 0 Å². The summed E-state index contributed by atoms with van der Waals surface area (Å²) in [7, 11) is 0. The third-order valence-electron chi connectivity index (χ3n) is 7.40. The molecular weight excluding hydrogens is 276 g/mol. The monoisotopic (exact) mass is 302 g/mol. The minimum atomic E-state index is -0.345. The summed E-state index contributed by atoms with van der Waals surface area (Å²) in [5.41, 5.74) is -0.141. The number of aliphatic hydroxyl groups excluding tert-OH is 3. The summed E-state index contributed by atoms with van der Waals surface area (Å²) in [6.45, 7) is 4.45. The summed E-state index contributed by atoms with van der Waals surface area (Å²) in [5, 5.41) is 31.0. The lowest BCUT2D eigenvalue weighted by atomic mass is 9.46. The van der Waals surface area contributed by atoms with Crippen LogP contribution in [0.2, 0.25) is 0 Å². The molecule has 2 saturated carbocycles. The van der Waals surface area contributed by atoms with E-state index in [-0.39, 0.29) is 28.8 Å². The molecule has 4 aliphatic carbocycles. The van der Waals surface area contributed by atoms with Crippen LogP contribution in [0.3, 0.4) is 0 Å². The molecule has 3 N–H and O–H groups in total. The van der Waals surface area contributed by atoms with Crippen LogP contribution in [-0.4, -0.2) is 21.4 Å². The molecule has 0 aromatic carbocycles. The predicted octanol–water partition coefficient (Wildman–Crippen LogP) is 3.88. The van der Waals surface area contributed by atoms with E-state index >= 15 is 0 Å². The van der Waals surface area contributed by atoms with Gasteiger partial charge in [-0.3, -0.25) is 0 Å². The van der Waals surface area contributed by atoms with Crippen molar-refractivity contribution in [1.29, 1.82) is 0 Å². The lowest BCUT2D eigenvalue weighted by Crippen LogP contribution is -2.56. The third-order valence-corrected chi connectivity index (χ3v) is 7.40. The smallest absolute Gasteiger partial charge is 0.111 e. The Morgan fingerprint density at radius 1 is 1.18 bits per heavy atom. The average Bonchev–Trinajstić information content (AvgIpc) is 2.77. The normalized spacial score (nSPS) is 53.1. The van der Waals surface area contributed by atoms with Gasteiger partial charge in [0.1, 0.15) is 5.76 Å². The summed E-state index contributed by atoms with van der Waals surface area (Å²) in [6.07, 6.45) is 11.1. The van der Waals surface area contributed by atoms with E-state index in [4.69, 9.17) is 0 Å².